The first-order chi connectivity index (χ1) is 13.4. The van der Waals surface area contributed by atoms with Gasteiger partial charge in [0.25, 0.3) is 5.91 Å². The van der Waals surface area contributed by atoms with Crippen LogP contribution in [-0.4, -0.2) is 37.0 Å². The van der Waals surface area contributed by atoms with E-state index in [1.807, 2.05) is 0 Å². The van der Waals surface area contributed by atoms with Crippen molar-refractivity contribution in [1.29, 1.82) is 0 Å². The van der Waals surface area contributed by atoms with Crippen molar-refractivity contribution < 1.29 is 19.1 Å². The van der Waals surface area contributed by atoms with Gasteiger partial charge in [-0.15, -0.1) is 0 Å². The fraction of sp³-hybridized carbons (Fsp3) is 0.571. The molecule has 1 aliphatic carbocycles. The summed E-state index contributed by atoms with van der Waals surface area (Å²) < 4.78 is 5.18. The smallest absolute Gasteiger partial charge is 0.338 e. The minimum atomic E-state index is -0.607. The number of hydrogen-bond donors (Lipinski definition) is 1. The summed E-state index contributed by atoms with van der Waals surface area (Å²) in [6.45, 7) is 4.61. The number of nitrogens with one attached hydrogen (secondary N) is 1. The summed E-state index contributed by atoms with van der Waals surface area (Å²) in [5, 5.41) is 3.39. The lowest BCUT2D eigenvalue weighted by Crippen LogP contribution is -2.45. The summed E-state index contributed by atoms with van der Waals surface area (Å²) in [6.07, 6.45) is 4.47. The number of carbonyl (C=O) groups excluding carboxylic acids is 3. The van der Waals surface area contributed by atoms with E-state index < -0.39 is 5.97 Å². The zero-order valence-electron chi connectivity index (χ0n) is 16.4. The molecular weight excluding hydrogens is 380 g/mol. The third-order valence-corrected chi connectivity index (χ3v) is 6.25. The molecule has 1 saturated carbocycles. The normalized spacial score (nSPS) is 24.9. The van der Waals surface area contributed by atoms with Crippen molar-refractivity contribution in [1.82, 2.24) is 5.32 Å². The van der Waals surface area contributed by atoms with Crippen molar-refractivity contribution in [3.05, 3.63) is 28.8 Å². The summed E-state index contributed by atoms with van der Waals surface area (Å²) in [4.78, 5) is 38.1. The molecule has 28 heavy (non-hydrogen) atoms. The Balaban J connectivity index is 1.57. The molecule has 0 aromatic heterocycles. The molecule has 2 fully saturated rings. The van der Waals surface area contributed by atoms with E-state index in [9.17, 15) is 14.4 Å². The topological polar surface area (TPSA) is 75.7 Å². The highest BCUT2D eigenvalue weighted by Crippen LogP contribution is 2.31. The Morgan fingerprint density at radius 3 is 2.75 bits per heavy atom. The first-order valence-electron chi connectivity index (χ1n) is 9.93. The lowest BCUT2D eigenvalue weighted by atomic mass is 9.78. The maximum absolute atomic E-state index is 12.4. The molecule has 0 spiro atoms. The van der Waals surface area contributed by atoms with Gasteiger partial charge in [-0.05, 0) is 42.9 Å². The zero-order valence-corrected chi connectivity index (χ0v) is 17.1. The molecule has 152 valence electrons. The Hall–Kier alpha value is -2.08. The molecule has 1 aromatic rings. The lowest BCUT2D eigenvalue weighted by molar-refractivity contribution is -0.125. The van der Waals surface area contributed by atoms with E-state index in [-0.39, 0.29) is 30.0 Å². The number of halogens is 1. The molecular formula is C21H27ClN2O4. The highest BCUT2D eigenvalue weighted by Gasteiger charge is 2.28. The summed E-state index contributed by atoms with van der Waals surface area (Å²) in [5.41, 5.74) is 0.777. The molecule has 1 heterocycles. The number of rotatable bonds is 5. The molecule has 1 saturated heterocycles. The Kier molecular flexibility index (Phi) is 6.60. The largest absolute Gasteiger partial charge is 0.452 e. The van der Waals surface area contributed by atoms with Crippen molar-refractivity contribution in [3.63, 3.8) is 0 Å². The number of nitrogens with zero attached hydrogens (tertiary/aromatic N) is 1. The maximum Gasteiger partial charge on any atom is 0.338 e. The van der Waals surface area contributed by atoms with Gasteiger partial charge in [-0.25, -0.2) is 4.79 Å². The molecule has 2 aliphatic rings. The number of amides is 2. The second-order valence-corrected chi connectivity index (χ2v) is 8.24. The number of benzene rings is 1. The number of ether oxygens (including phenoxy) is 1. The summed E-state index contributed by atoms with van der Waals surface area (Å²) >= 11 is 6.20. The van der Waals surface area contributed by atoms with Crippen LogP contribution in [0.3, 0.4) is 0 Å². The third kappa shape index (κ3) is 4.66. The van der Waals surface area contributed by atoms with E-state index >= 15 is 0 Å². The van der Waals surface area contributed by atoms with Gasteiger partial charge in [0.1, 0.15) is 0 Å². The Morgan fingerprint density at radius 1 is 1.25 bits per heavy atom. The molecule has 7 heteroatoms. The van der Waals surface area contributed by atoms with Crippen LogP contribution in [0, 0.1) is 11.8 Å². The Bertz CT molecular complexity index is 767. The average Bonchev–Trinajstić information content (AvgIpc) is 3.09. The van der Waals surface area contributed by atoms with Gasteiger partial charge in [0.15, 0.2) is 6.61 Å². The summed E-state index contributed by atoms with van der Waals surface area (Å²) in [6, 6.07) is 4.79. The molecule has 0 bridgehead atoms. The van der Waals surface area contributed by atoms with Gasteiger partial charge >= 0.3 is 5.97 Å². The first-order valence-corrected chi connectivity index (χ1v) is 10.3. The zero-order chi connectivity index (χ0) is 20.3. The molecule has 6 nitrogen and oxygen atoms in total. The average molecular weight is 407 g/mol. The van der Waals surface area contributed by atoms with Crippen LogP contribution in [-0.2, 0) is 14.3 Å². The fourth-order valence-electron chi connectivity index (χ4n) is 4.00. The molecule has 1 N–H and O–H groups in total. The minimum absolute atomic E-state index is 0.0115. The fourth-order valence-corrected chi connectivity index (χ4v) is 4.22. The van der Waals surface area contributed by atoms with Crippen LogP contribution in [0.4, 0.5) is 5.69 Å². The Labute approximate surface area is 170 Å². The molecule has 3 atom stereocenters. The van der Waals surface area contributed by atoms with E-state index in [2.05, 4.69) is 19.2 Å². The molecule has 2 amide bonds. The van der Waals surface area contributed by atoms with E-state index in [0.29, 0.717) is 35.5 Å². The van der Waals surface area contributed by atoms with Crippen molar-refractivity contribution in [3.8, 4) is 0 Å². The van der Waals surface area contributed by atoms with Gasteiger partial charge in [0, 0.05) is 19.0 Å². The van der Waals surface area contributed by atoms with Crippen molar-refractivity contribution in [2.45, 2.75) is 52.0 Å². The number of hydrogen-bond acceptors (Lipinski definition) is 4. The lowest BCUT2D eigenvalue weighted by Gasteiger charge is -2.34. The van der Waals surface area contributed by atoms with Gasteiger partial charge in [0.05, 0.1) is 16.3 Å². The second-order valence-electron chi connectivity index (χ2n) is 7.83. The van der Waals surface area contributed by atoms with E-state index in [0.717, 1.165) is 19.3 Å². The highest BCUT2D eigenvalue weighted by atomic mass is 35.5. The molecule has 0 radical (unpaired) electrons. The van der Waals surface area contributed by atoms with Gasteiger partial charge in [-0.2, -0.15) is 0 Å². The van der Waals surface area contributed by atoms with E-state index in [4.69, 9.17) is 16.3 Å². The molecule has 3 rings (SSSR count). The molecule has 3 unspecified atom stereocenters. The third-order valence-electron chi connectivity index (χ3n) is 5.93. The van der Waals surface area contributed by atoms with Crippen molar-refractivity contribution in [2.75, 3.05) is 18.1 Å². The van der Waals surface area contributed by atoms with Crippen LogP contribution in [0.15, 0.2) is 18.2 Å². The number of anilines is 1. The van der Waals surface area contributed by atoms with Gasteiger partial charge < -0.3 is 15.0 Å². The molecule has 1 aliphatic heterocycles. The first kappa shape index (κ1) is 20.6. The number of carbonyl (C=O) groups is 3. The SMILES string of the molecule is CC1CCCC(NC(=O)COC(=O)c2ccc(Cl)c(N3CCCC3=O)c2)C1C. The highest BCUT2D eigenvalue weighted by molar-refractivity contribution is 6.34. The van der Waals surface area contributed by atoms with Gasteiger partial charge in [0.2, 0.25) is 5.91 Å². The van der Waals surface area contributed by atoms with Crippen LogP contribution < -0.4 is 10.2 Å². The van der Waals surface area contributed by atoms with E-state index in [1.165, 1.54) is 12.5 Å². The van der Waals surface area contributed by atoms with Gasteiger partial charge in [-0.3, -0.25) is 9.59 Å². The predicted octanol–water partition coefficient (Wildman–Crippen LogP) is 3.56. The van der Waals surface area contributed by atoms with Crippen molar-refractivity contribution in [2.24, 2.45) is 11.8 Å². The second kappa shape index (κ2) is 8.95. The van der Waals surface area contributed by atoms with Crippen LogP contribution in [0.2, 0.25) is 5.02 Å². The number of esters is 1. The minimum Gasteiger partial charge on any atom is -0.452 e. The maximum atomic E-state index is 12.4. The van der Waals surface area contributed by atoms with Crippen LogP contribution >= 0.6 is 11.6 Å². The predicted molar refractivity (Wildman–Crippen MR) is 107 cm³/mol. The standard InChI is InChI=1S/C21H27ClN2O4/c1-13-5-3-6-17(14(13)2)23-19(25)12-28-21(27)15-8-9-16(22)18(11-15)24-10-4-7-20(24)26/h8-9,11,13-14,17H,3-7,10,12H2,1-2H3,(H,23,25). The van der Waals surface area contributed by atoms with Crippen LogP contribution in [0.5, 0.6) is 0 Å². The Morgan fingerprint density at radius 2 is 2.04 bits per heavy atom. The van der Waals surface area contributed by atoms with Crippen LogP contribution in [0.1, 0.15) is 56.3 Å². The summed E-state index contributed by atoms with van der Waals surface area (Å²) in [7, 11) is 0. The molecule has 1 aromatic carbocycles. The quantitative estimate of drug-likeness (QED) is 0.758. The monoisotopic (exact) mass is 406 g/mol. The summed E-state index contributed by atoms with van der Waals surface area (Å²) in [5.74, 6) is 0.0724. The van der Waals surface area contributed by atoms with Crippen molar-refractivity contribution >= 4 is 35.1 Å². The van der Waals surface area contributed by atoms with Gasteiger partial charge in [-0.1, -0.05) is 38.3 Å². The van der Waals surface area contributed by atoms with E-state index in [1.54, 1.807) is 17.0 Å². The van der Waals surface area contributed by atoms with Crippen LogP contribution in [0.25, 0.3) is 0 Å².